The average molecular weight is 383 g/mol. The number of esters is 1. The van der Waals surface area contributed by atoms with Gasteiger partial charge in [0.15, 0.2) is 0 Å². The number of hydrogen-bond donors (Lipinski definition) is 0. The van der Waals surface area contributed by atoms with Crippen molar-refractivity contribution < 1.29 is 9.53 Å². The van der Waals surface area contributed by atoms with Crippen LogP contribution >= 0.6 is 0 Å². The van der Waals surface area contributed by atoms with Crippen molar-refractivity contribution in [3.8, 4) is 17.1 Å². The van der Waals surface area contributed by atoms with Crippen molar-refractivity contribution in [2.24, 2.45) is 0 Å². The summed E-state index contributed by atoms with van der Waals surface area (Å²) in [6.07, 6.45) is 5.28. The molecule has 0 atom stereocenters. The Labute approximate surface area is 169 Å². The van der Waals surface area contributed by atoms with Gasteiger partial charge in [-0.15, -0.1) is 0 Å². The summed E-state index contributed by atoms with van der Waals surface area (Å²) in [6, 6.07) is 18.5. The average Bonchev–Trinajstić information content (AvgIpc) is 2.94. The van der Waals surface area contributed by atoms with E-state index in [-0.39, 0.29) is 5.97 Å². The van der Waals surface area contributed by atoms with E-state index < -0.39 is 0 Å². The topological polar surface area (TPSA) is 56.5 Å². The minimum absolute atomic E-state index is 0.360. The molecular formula is C24H21N3O2. The fourth-order valence-corrected chi connectivity index (χ4v) is 4.12. The molecule has 2 heterocycles. The lowest BCUT2D eigenvalue weighted by molar-refractivity contribution is -0.132. The summed E-state index contributed by atoms with van der Waals surface area (Å²) in [5.74, 6) is 0.102. The van der Waals surface area contributed by atoms with Crippen LogP contribution in [0.1, 0.15) is 35.7 Å². The van der Waals surface area contributed by atoms with Crippen LogP contribution in [0.5, 0.6) is 5.88 Å². The van der Waals surface area contributed by atoms with Crippen molar-refractivity contribution in [1.82, 2.24) is 14.4 Å². The number of benzene rings is 2. The maximum Gasteiger partial charge on any atom is 0.309 e. The van der Waals surface area contributed by atoms with Gasteiger partial charge in [-0.05, 0) is 30.4 Å². The molecule has 2 aromatic heterocycles. The highest BCUT2D eigenvalue weighted by Crippen LogP contribution is 2.35. The Balaban J connectivity index is 1.71. The van der Waals surface area contributed by atoms with Crippen LogP contribution in [0.3, 0.4) is 0 Å². The number of rotatable bonds is 3. The largest absolute Gasteiger partial charge is 0.407 e. The van der Waals surface area contributed by atoms with Gasteiger partial charge in [0.1, 0.15) is 17.7 Å². The lowest BCUT2D eigenvalue weighted by atomic mass is 10.0. The van der Waals surface area contributed by atoms with E-state index >= 15 is 0 Å². The highest BCUT2D eigenvalue weighted by molar-refractivity contribution is 5.75. The van der Waals surface area contributed by atoms with Crippen LogP contribution in [0.2, 0.25) is 0 Å². The van der Waals surface area contributed by atoms with E-state index in [0.29, 0.717) is 12.3 Å². The molecule has 1 aliphatic carbocycles. The number of carbonyl (C=O) groups excluding carboxylic acids is 1. The van der Waals surface area contributed by atoms with Crippen molar-refractivity contribution in [1.29, 1.82) is 0 Å². The Morgan fingerprint density at radius 1 is 1.07 bits per heavy atom. The van der Waals surface area contributed by atoms with Crippen molar-refractivity contribution in [2.75, 3.05) is 0 Å². The van der Waals surface area contributed by atoms with Crippen LogP contribution in [0.25, 0.3) is 16.9 Å². The molecule has 0 N–H and O–H groups in total. The summed E-state index contributed by atoms with van der Waals surface area (Å²) < 4.78 is 7.41. The maximum atomic E-state index is 11.8. The molecule has 0 saturated carbocycles. The van der Waals surface area contributed by atoms with Gasteiger partial charge in [-0.3, -0.25) is 9.20 Å². The van der Waals surface area contributed by atoms with E-state index in [1.807, 2.05) is 22.6 Å². The van der Waals surface area contributed by atoms with E-state index in [4.69, 9.17) is 14.7 Å². The smallest absolute Gasteiger partial charge is 0.309 e. The number of nitrogens with zero attached hydrogens (tertiary/aromatic N) is 3. The second kappa shape index (κ2) is 7.17. The molecule has 0 saturated heterocycles. The number of imidazole rings is 1. The summed E-state index contributed by atoms with van der Waals surface area (Å²) in [7, 11) is 0. The second-order valence-corrected chi connectivity index (χ2v) is 7.40. The van der Waals surface area contributed by atoms with Crippen LogP contribution < -0.4 is 4.74 Å². The minimum atomic E-state index is -0.360. The molecule has 4 aromatic rings. The molecule has 5 rings (SSSR count). The molecule has 0 unspecified atom stereocenters. The number of carbonyl (C=O) groups is 1. The molecule has 5 heteroatoms. The molecule has 144 valence electrons. The number of aromatic nitrogens is 3. The molecule has 0 spiro atoms. The summed E-state index contributed by atoms with van der Waals surface area (Å²) in [6.45, 7) is 1.42. The summed E-state index contributed by atoms with van der Waals surface area (Å²) in [5, 5.41) is 0. The van der Waals surface area contributed by atoms with E-state index in [2.05, 4.69) is 36.4 Å². The van der Waals surface area contributed by atoms with Crippen LogP contribution in [0, 0.1) is 0 Å². The third-order valence-corrected chi connectivity index (χ3v) is 5.39. The number of hydrogen-bond acceptors (Lipinski definition) is 4. The molecule has 29 heavy (non-hydrogen) atoms. The van der Waals surface area contributed by atoms with Gasteiger partial charge in [-0.25, -0.2) is 9.97 Å². The molecule has 0 amide bonds. The molecule has 0 bridgehead atoms. The molecule has 2 aromatic carbocycles. The highest BCUT2D eigenvalue weighted by Gasteiger charge is 2.23. The van der Waals surface area contributed by atoms with E-state index in [1.54, 1.807) is 6.33 Å². The first-order valence-electron chi connectivity index (χ1n) is 9.90. The number of fused-ring (bicyclic) bond motifs is 5. The third-order valence-electron chi connectivity index (χ3n) is 5.39. The van der Waals surface area contributed by atoms with Gasteiger partial charge in [0.2, 0.25) is 5.88 Å². The highest BCUT2D eigenvalue weighted by atomic mass is 16.5. The molecule has 1 aliphatic rings. The quantitative estimate of drug-likeness (QED) is 0.492. The number of aryl methyl sites for hydroxylation is 2. The van der Waals surface area contributed by atoms with Crippen LogP contribution in [0.4, 0.5) is 0 Å². The van der Waals surface area contributed by atoms with Crippen molar-refractivity contribution >= 4 is 11.6 Å². The lowest BCUT2D eigenvalue weighted by Gasteiger charge is -2.10. The molecule has 5 nitrogen and oxygen atoms in total. The van der Waals surface area contributed by atoms with Gasteiger partial charge < -0.3 is 4.74 Å². The first-order chi connectivity index (χ1) is 14.2. The summed E-state index contributed by atoms with van der Waals surface area (Å²) in [4.78, 5) is 21.5. The van der Waals surface area contributed by atoms with Crippen molar-refractivity contribution in [3.05, 3.63) is 83.3 Å². The zero-order valence-electron chi connectivity index (χ0n) is 16.3. The van der Waals surface area contributed by atoms with Gasteiger partial charge in [0.05, 0.1) is 5.69 Å². The number of ether oxygens (including phenoxy) is 1. The first kappa shape index (κ1) is 17.6. The predicted octanol–water partition coefficient (Wildman–Crippen LogP) is 4.40. The van der Waals surface area contributed by atoms with Gasteiger partial charge in [-0.1, -0.05) is 54.6 Å². The molecular weight excluding hydrogens is 362 g/mol. The van der Waals surface area contributed by atoms with Crippen LogP contribution in [0.15, 0.2) is 60.9 Å². The zero-order chi connectivity index (χ0) is 19.8. The molecule has 0 fully saturated rings. The van der Waals surface area contributed by atoms with E-state index in [0.717, 1.165) is 47.4 Å². The Hall–Kier alpha value is -3.47. The summed E-state index contributed by atoms with van der Waals surface area (Å²) >= 11 is 0. The normalized spacial score (nSPS) is 12.9. The Morgan fingerprint density at radius 3 is 2.69 bits per heavy atom. The fraction of sp³-hybridized carbons (Fsp3) is 0.208. The fourth-order valence-electron chi connectivity index (χ4n) is 4.12. The third kappa shape index (κ3) is 3.18. The second-order valence-electron chi connectivity index (χ2n) is 7.40. The SMILES string of the molecule is CC(=O)Oc1c(Cc2ccccc2)nc2c3c(ncn12)-c1ccccc1CCC3. The summed E-state index contributed by atoms with van der Waals surface area (Å²) in [5.41, 5.74) is 7.28. The van der Waals surface area contributed by atoms with Gasteiger partial charge in [-0.2, -0.15) is 0 Å². The van der Waals surface area contributed by atoms with E-state index in [1.165, 1.54) is 18.1 Å². The van der Waals surface area contributed by atoms with Gasteiger partial charge in [0, 0.05) is 24.5 Å². The standard InChI is InChI=1S/C24H21N3O2/c1-16(28)29-24-21(14-17-8-3-2-4-9-17)26-23-20-13-7-11-18-10-5-6-12-19(18)22(20)25-15-27(23)24/h2-6,8-10,12,15H,7,11,13-14H2,1H3. The van der Waals surface area contributed by atoms with Gasteiger partial charge >= 0.3 is 5.97 Å². The van der Waals surface area contributed by atoms with Gasteiger partial charge in [0.25, 0.3) is 0 Å². The predicted molar refractivity (Wildman–Crippen MR) is 111 cm³/mol. The Bertz CT molecular complexity index is 1210. The monoisotopic (exact) mass is 383 g/mol. The van der Waals surface area contributed by atoms with E-state index in [9.17, 15) is 4.79 Å². The van der Waals surface area contributed by atoms with Crippen LogP contribution in [-0.4, -0.2) is 20.3 Å². The first-order valence-corrected chi connectivity index (χ1v) is 9.90. The zero-order valence-corrected chi connectivity index (χ0v) is 16.3. The maximum absolute atomic E-state index is 11.8. The van der Waals surface area contributed by atoms with Crippen molar-refractivity contribution in [2.45, 2.75) is 32.6 Å². The van der Waals surface area contributed by atoms with Crippen LogP contribution in [-0.2, 0) is 24.1 Å². The lowest BCUT2D eigenvalue weighted by Crippen LogP contribution is -2.07. The Kier molecular flexibility index (Phi) is 4.35. The Morgan fingerprint density at radius 2 is 1.86 bits per heavy atom. The minimum Gasteiger partial charge on any atom is -0.407 e. The molecule has 0 radical (unpaired) electrons. The van der Waals surface area contributed by atoms with Crippen molar-refractivity contribution in [3.63, 3.8) is 0 Å². The molecule has 0 aliphatic heterocycles.